The largest absolute Gasteiger partial charge is 0.512 e. The third kappa shape index (κ3) is 5.16. The Balaban J connectivity index is 1.75. The van der Waals surface area contributed by atoms with Gasteiger partial charge in [-0.1, -0.05) is 6.07 Å². The molecule has 4 rings (SSSR count). The van der Waals surface area contributed by atoms with Crippen LogP contribution in [0.25, 0.3) is 16.6 Å². The molecule has 0 saturated heterocycles. The number of aryl methyl sites for hydroxylation is 1. The van der Waals surface area contributed by atoms with E-state index in [0.29, 0.717) is 47.2 Å². The van der Waals surface area contributed by atoms with Gasteiger partial charge >= 0.3 is 5.97 Å². The van der Waals surface area contributed by atoms with E-state index in [4.69, 9.17) is 5.11 Å². The maximum atomic E-state index is 13.4. The van der Waals surface area contributed by atoms with Gasteiger partial charge in [0.05, 0.1) is 22.3 Å². The van der Waals surface area contributed by atoms with Crippen molar-refractivity contribution in [1.29, 1.82) is 0 Å². The van der Waals surface area contributed by atoms with Crippen molar-refractivity contribution in [1.82, 2.24) is 9.55 Å². The fourth-order valence-corrected chi connectivity index (χ4v) is 3.68. The van der Waals surface area contributed by atoms with E-state index in [-0.39, 0.29) is 29.4 Å². The molecular weight excluding hydrogens is 427 g/mol. The van der Waals surface area contributed by atoms with Gasteiger partial charge in [-0.3, -0.25) is 19.0 Å². The standard InChI is InChI=1S/C25H23FN2O5/c26-17-8-10-18(11-9-17)28-23(3-1-2-4-24(31)32)27-20-13-16(7-12-19(20)25(28)33)22(30)14-21(29)15-5-6-15/h7-15,29H,1-6H2,(H,31,32)/b21-14-. The second kappa shape index (κ2) is 9.36. The number of unbranched alkanes of at least 4 members (excludes halogenated alkanes) is 1. The Hall–Kier alpha value is -3.81. The summed E-state index contributed by atoms with van der Waals surface area (Å²) in [6.07, 6.45) is 4.18. The van der Waals surface area contributed by atoms with Gasteiger partial charge in [0.2, 0.25) is 0 Å². The summed E-state index contributed by atoms with van der Waals surface area (Å²) in [5, 5.41) is 19.1. The summed E-state index contributed by atoms with van der Waals surface area (Å²) in [6, 6.07) is 10.0. The number of rotatable bonds is 9. The lowest BCUT2D eigenvalue weighted by molar-refractivity contribution is -0.137. The Morgan fingerprint density at radius 2 is 1.82 bits per heavy atom. The van der Waals surface area contributed by atoms with Crippen LogP contribution in [0.15, 0.2) is 59.1 Å². The quantitative estimate of drug-likeness (QED) is 0.217. The number of hydrogen-bond donors (Lipinski definition) is 2. The molecule has 8 heteroatoms. The summed E-state index contributed by atoms with van der Waals surface area (Å²) in [5.74, 6) is -1.19. The predicted molar refractivity (Wildman–Crippen MR) is 120 cm³/mol. The third-order valence-electron chi connectivity index (χ3n) is 5.62. The molecule has 1 aliphatic carbocycles. The highest BCUT2D eigenvalue weighted by Crippen LogP contribution is 2.35. The molecule has 7 nitrogen and oxygen atoms in total. The van der Waals surface area contributed by atoms with E-state index in [1.807, 2.05) is 0 Å². The zero-order valence-corrected chi connectivity index (χ0v) is 17.8. The van der Waals surface area contributed by atoms with Crippen molar-refractivity contribution in [3.8, 4) is 5.69 Å². The predicted octanol–water partition coefficient (Wildman–Crippen LogP) is 4.36. The van der Waals surface area contributed by atoms with Gasteiger partial charge in [-0.05, 0) is 62.1 Å². The van der Waals surface area contributed by atoms with E-state index >= 15 is 0 Å². The average Bonchev–Trinajstić information content (AvgIpc) is 3.63. The first-order valence-electron chi connectivity index (χ1n) is 10.8. The molecule has 33 heavy (non-hydrogen) atoms. The van der Waals surface area contributed by atoms with Gasteiger partial charge in [-0.25, -0.2) is 9.37 Å². The van der Waals surface area contributed by atoms with Crippen molar-refractivity contribution in [2.45, 2.75) is 38.5 Å². The number of nitrogens with zero attached hydrogens (tertiary/aromatic N) is 2. The summed E-state index contributed by atoms with van der Waals surface area (Å²) < 4.78 is 14.8. The van der Waals surface area contributed by atoms with Crippen LogP contribution in [0.2, 0.25) is 0 Å². The highest BCUT2D eigenvalue weighted by atomic mass is 19.1. The number of aromatic nitrogens is 2. The number of ketones is 1. The second-order valence-electron chi connectivity index (χ2n) is 8.19. The fraction of sp³-hybridized carbons (Fsp3) is 0.280. The van der Waals surface area contributed by atoms with Crippen molar-refractivity contribution in [2.75, 3.05) is 0 Å². The normalized spacial score (nSPS) is 13.9. The molecule has 0 atom stereocenters. The second-order valence-corrected chi connectivity index (χ2v) is 8.19. The molecule has 0 bridgehead atoms. The van der Waals surface area contributed by atoms with E-state index in [1.54, 1.807) is 0 Å². The van der Waals surface area contributed by atoms with E-state index in [2.05, 4.69) is 4.98 Å². The first kappa shape index (κ1) is 22.4. The summed E-state index contributed by atoms with van der Waals surface area (Å²) in [4.78, 5) is 41.3. The number of aliphatic carboxylic acids is 1. The molecular formula is C25H23FN2O5. The average molecular weight is 450 g/mol. The Labute approximate surface area is 188 Å². The minimum absolute atomic E-state index is 0.00380. The van der Waals surface area contributed by atoms with E-state index in [1.165, 1.54) is 53.1 Å². The lowest BCUT2D eigenvalue weighted by atomic mass is 10.1. The van der Waals surface area contributed by atoms with Gasteiger partial charge in [0, 0.05) is 30.4 Å². The number of fused-ring (bicyclic) bond motifs is 1. The summed E-state index contributed by atoms with van der Waals surface area (Å²) in [5.41, 5.74) is 0.714. The van der Waals surface area contributed by atoms with Crippen molar-refractivity contribution >= 4 is 22.7 Å². The number of carboxylic acids is 1. The zero-order valence-electron chi connectivity index (χ0n) is 17.8. The Morgan fingerprint density at radius 1 is 1.09 bits per heavy atom. The molecule has 1 aromatic heterocycles. The van der Waals surface area contributed by atoms with Gasteiger partial charge in [0.25, 0.3) is 5.56 Å². The van der Waals surface area contributed by atoms with Crippen LogP contribution in [0.4, 0.5) is 4.39 Å². The smallest absolute Gasteiger partial charge is 0.303 e. The Kier molecular flexibility index (Phi) is 6.35. The number of benzene rings is 2. The topological polar surface area (TPSA) is 109 Å². The molecule has 1 fully saturated rings. The molecule has 0 aliphatic heterocycles. The summed E-state index contributed by atoms with van der Waals surface area (Å²) >= 11 is 0. The fourth-order valence-electron chi connectivity index (χ4n) is 3.68. The zero-order chi connectivity index (χ0) is 23.5. The lowest BCUT2D eigenvalue weighted by Gasteiger charge is -2.14. The molecule has 2 aromatic carbocycles. The van der Waals surface area contributed by atoms with Crippen LogP contribution in [0, 0.1) is 11.7 Å². The van der Waals surface area contributed by atoms with Gasteiger partial charge in [0.15, 0.2) is 5.78 Å². The SMILES string of the molecule is O=C(O)CCCCc1nc2cc(C(=O)/C=C(\O)C3CC3)ccc2c(=O)n1-c1ccc(F)cc1. The third-order valence-corrected chi connectivity index (χ3v) is 5.62. The van der Waals surface area contributed by atoms with Crippen molar-refractivity contribution in [3.05, 3.63) is 81.9 Å². The van der Waals surface area contributed by atoms with Crippen molar-refractivity contribution in [3.63, 3.8) is 0 Å². The number of halogens is 1. The molecule has 3 aromatic rings. The number of aliphatic hydroxyl groups excluding tert-OH is 1. The first-order valence-corrected chi connectivity index (χ1v) is 10.8. The highest BCUT2D eigenvalue weighted by Gasteiger charge is 2.26. The molecule has 2 N–H and O–H groups in total. The highest BCUT2D eigenvalue weighted by molar-refractivity contribution is 6.06. The monoisotopic (exact) mass is 450 g/mol. The number of aliphatic hydroxyl groups is 1. The molecule has 1 heterocycles. The summed E-state index contributed by atoms with van der Waals surface area (Å²) in [6.45, 7) is 0. The van der Waals surface area contributed by atoms with Gasteiger partial charge in [0.1, 0.15) is 11.6 Å². The number of carbonyl (C=O) groups excluding carboxylic acids is 1. The molecule has 1 aliphatic rings. The maximum Gasteiger partial charge on any atom is 0.303 e. The Bertz CT molecular complexity index is 1310. The van der Waals surface area contributed by atoms with Crippen LogP contribution in [0.5, 0.6) is 0 Å². The van der Waals surface area contributed by atoms with Gasteiger partial charge < -0.3 is 10.2 Å². The van der Waals surface area contributed by atoms with E-state index in [9.17, 15) is 23.9 Å². The molecule has 0 spiro atoms. The van der Waals surface area contributed by atoms with Crippen LogP contribution in [0.3, 0.4) is 0 Å². The maximum absolute atomic E-state index is 13.4. The number of hydrogen-bond acceptors (Lipinski definition) is 5. The van der Waals surface area contributed by atoms with Crippen LogP contribution >= 0.6 is 0 Å². The van der Waals surface area contributed by atoms with Gasteiger partial charge in [-0.2, -0.15) is 0 Å². The molecule has 0 radical (unpaired) electrons. The number of carboxylic acid groups (broad SMARTS) is 1. The Morgan fingerprint density at radius 3 is 2.48 bits per heavy atom. The molecule has 0 amide bonds. The first-order chi connectivity index (χ1) is 15.8. The number of allylic oxidation sites excluding steroid dienone is 2. The van der Waals surface area contributed by atoms with Gasteiger partial charge in [-0.15, -0.1) is 0 Å². The summed E-state index contributed by atoms with van der Waals surface area (Å²) in [7, 11) is 0. The van der Waals surface area contributed by atoms with E-state index in [0.717, 1.165) is 12.8 Å². The molecule has 1 saturated carbocycles. The van der Waals surface area contributed by atoms with Crippen molar-refractivity contribution in [2.24, 2.45) is 5.92 Å². The number of carbonyl (C=O) groups is 2. The minimum atomic E-state index is -0.900. The van der Waals surface area contributed by atoms with Crippen LogP contribution in [-0.2, 0) is 11.2 Å². The lowest BCUT2D eigenvalue weighted by Crippen LogP contribution is -2.24. The van der Waals surface area contributed by atoms with E-state index < -0.39 is 11.8 Å². The van der Waals surface area contributed by atoms with Crippen molar-refractivity contribution < 1.29 is 24.2 Å². The minimum Gasteiger partial charge on any atom is -0.512 e. The molecule has 0 unspecified atom stereocenters. The van der Waals surface area contributed by atoms with Crippen LogP contribution < -0.4 is 5.56 Å². The van der Waals surface area contributed by atoms with Crippen LogP contribution in [-0.4, -0.2) is 31.5 Å². The molecule has 170 valence electrons. The van der Waals surface area contributed by atoms with Crippen LogP contribution in [0.1, 0.15) is 48.3 Å².